The molecule has 0 aliphatic rings. The first-order chi connectivity index (χ1) is 13.8. The van der Waals surface area contributed by atoms with Crippen molar-refractivity contribution in [2.45, 2.75) is 19.9 Å². The summed E-state index contributed by atoms with van der Waals surface area (Å²) in [6.07, 6.45) is 2.63. The summed E-state index contributed by atoms with van der Waals surface area (Å²) in [5.74, 6) is 2.88. The van der Waals surface area contributed by atoms with Gasteiger partial charge in [-0.25, -0.2) is 9.98 Å². The van der Waals surface area contributed by atoms with Crippen molar-refractivity contribution in [3.05, 3.63) is 60.2 Å². The second-order valence-electron chi connectivity index (χ2n) is 6.03. The smallest absolute Gasteiger partial charge is 0.191 e. The van der Waals surface area contributed by atoms with Gasteiger partial charge in [0, 0.05) is 37.0 Å². The Morgan fingerprint density at radius 3 is 2.71 bits per heavy atom. The van der Waals surface area contributed by atoms with Crippen molar-refractivity contribution in [3.8, 4) is 17.1 Å². The monoisotopic (exact) mass is 379 g/mol. The molecule has 8 nitrogen and oxygen atoms in total. The number of rotatable bonds is 8. The van der Waals surface area contributed by atoms with E-state index in [0.717, 1.165) is 42.5 Å². The molecule has 3 rings (SSSR count). The van der Waals surface area contributed by atoms with Crippen molar-refractivity contribution in [2.75, 3.05) is 20.2 Å². The Morgan fingerprint density at radius 2 is 2.00 bits per heavy atom. The standard InChI is InChI=1S/C20H25N7O/c1-3-21-20(23-13-11-16-6-4-5-12-22-16)24-14-18-25-19(27-26-18)15-7-9-17(28-2)10-8-15/h4-10,12H,3,11,13-14H2,1-2H3,(H2,21,23,24)(H,25,26,27). The molecule has 0 atom stereocenters. The van der Waals surface area contributed by atoms with Crippen LogP contribution in [0.25, 0.3) is 11.4 Å². The lowest BCUT2D eigenvalue weighted by Gasteiger charge is -2.10. The van der Waals surface area contributed by atoms with E-state index in [9.17, 15) is 0 Å². The lowest BCUT2D eigenvalue weighted by atomic mass is 10.2. The molecular formula is C20H25N7O. The van der Waals surface area contributed by atoms with Gasteiger partial charge in [-0.1, -0.05) is 6.07 Å². The molecule has 146 valence electrons. The largest absolute Gasteiger partial charge is 0.497 e. The third-order valence-corrected chi connectivity index (χ3v) is 4.01. The van der Waals surface area contributed by atoms with Crippen LogP contribution in [0, 0.1) is 0 Å². The van der Waals surface area contributed by atoms with Crippen LogP contribution in [0.1, 0.15) is 18.4 Å². The molecule has 0 saturated carbocycles. The number of ether oxygens (including phenoxy) is 1. The number of aromatic nitrogens is 4. The van der Waals surface area contributed by atoms with Gasteiger partial charge >= 0.3 is 0 Å². The van der Waals surface area contributed by atoms with E-state index < -0.39 is 0 Å². The van der Waals surface area contributed by atoms with Gasteiger partial charge in [-0.15, -0.1) is 0 Å². The van der Waals surface area contributed by atoms with Crippen LogP contribution < -0.4 is 15.4 Å². The first-order valence-electron chi connectivity index (χ1n) is 9.26. The summed E-state index contributed by atoms with van der Waals surface area (Å²) in [5.41, 5.74) is 1.97. The fourth-order valence-corrected chi connectivity index (χ4v) is 2.59. The first-order valence-corrected chi connectivity index (χ1v) is 9.26. The van der Waals surface area contributed by atoms with E-state index in [1.54, 1.807) is 13.3 Å². The molecule has 2 aromatic heterocycles. The maximum absolute atomic E-state index is 5.17. The van der Waals surface area contributed by atoms with Gasteiger partial charge in [-0.3, -0.25) is 10.1 Å². The molecule has 0 aliphatic carbocycles. The summed E-state index contributed by atoms with van der Waals surface area (Å²) in [6.45, 7) is 3.97. The number of aromatic amines is 1. The SMILES string of the molecule is CCNC(=NCc1nc(-c2ccc(OC)cc2)n[nH]1)NCCc1ccccn1. The highest BCUT2D eigenvalue weighted by molar-refractivity contribution is 5.79. The number of aliphatic imine (C=N–C) groups is 1. The second kappa shape index (κ2) is 10.1. The highest BCUT2D eigenvalue weighted by atomic mass is 16.5. The van der Waals surface area contributed by atoms with Crippen LogP contribution in [0.2, 0.25) is 0 Å². The van der Waals surface area contributed by atoms with E-state index >= 15 is 0 Å². The Morgan fingerprint density at radius 1 is 1.14 bits per heavy atom. The predicted octanol–water partition coefficient (Wildman–Crippen LogP) is 2.17. The second-order valence-corrected chi connectivity index (χ2v) is 6.03. The van der Waals surface area contributed by atoms with Crippen molar-refractivity contribution in [2.24, 2.45) is 4.99 Å². The van der Waals surface area contributed by atoms with E-state index in [1.807, 2.05) is 49.4 Å². The van der Waals surface area contributed by atoms with Crippen LogP contribution in [-0.4, -0.2) is 46.3 Å². The maximum Gasteiger partial charge on any atom is 0.191 e. The topological polar surface area (TPSA) is 100 Å². The van der Waals surface area contributed by atoms with E-state index in [2.05, 4.69) is 35.8 Å². The van der Waals surface area contributed by atoms with Crippen LogP contribution in [0.5, 0.6) is 5.75 Å². The molecule has 2 heterocycles. The molecule has 3 N–H and O–H groups in total. The quantitative estimate of drug-likeness (QED) is 0.410. The number of methoxy groups -OCH3 is 1. The predicted molar refractivity (Wildman–Crippen MR) is 109 cm³/mol. The van der Waals surface area contributed by atoms with Gasteiger partial charge in [0.15, 0.2) is 11.8 Å². The number of nitrogens with one attached hydrogen (secondary N) is 3. The number of hydrogen-bond donors (Lipinski definition) is 3. The zero-order valence-electron chi connectivity index (χ0n) is 16.1. The van der Waals surface area contributed by atoms with Crippen molar-refractivity contribution in [1.29, 1.82) is 0 Å². The third-order valence-electron chi connectivity index (χ3n) is 4.01. The average molecular weight is 379 g/mol. The Bertz CT molecular complexity index is 875. The van der Waals surface area contributed by atoms with Gasteiger partial charge < -0.3 is 15.4 Å². The zero-order chi connectivity index (χ0) is 19.6. The fourth-order valence-electron chi connectivity index (χ4n) is 2.59. The number of benzene rings is 1. The van der Waals surface area contributed by atoms with Crippen LogP contribution in [0.15, 0.2) is 53.7 Å². The van der Waals surface area contributed by atoms with Crippen molar-refractivity contribution in [3.63, 3.8) is 0 Å². The molecule has 0 radical (unpaired) electrons. The van der Waals surface area contributed by atoms with Crippen molar-refractivity contribution >= 4 is 5.96 Å². The van der Waals surface area contributed by atoms with E-state index in [1.165, 1.54) is 0 Å². The minimum absolute atomic E-state index is 0.405. The van der Waals surface area contributed by atoms with Crippen molar-refractivity contribution in [1.82, 2.24) is 30.8 Å². The molecule has 1 aromatic carbocycles. The minimum atomic E-state index is 0.405. The van der Waals surface area contributed by atoms with Gasteiger partial charge in [0.1, 0.15) is 18.1 Å². The lowest BCUT2D eigenvalue weighted by molar-refractivity contribution is 0.415. The summed E-state index contributed by atoms with van der Waals surface area (Å²) in [4.78, 5) is 13.4. The van der Waals surface area contributed by atoms with Gasteiger partial charge in [0.25, 0.3) is 0 Å². The number of guanidine groups is 1. The Hall–Kier alpha value is -3.42. The highest BCUT2D eigenvalue weighted by Gasteiger charge is 2.06. The third kappa shape index (κ3) is 5.54. The molecule has 28 heavy (non-hydrogen) atoms. The number of pyridine rings is 1. The van der Waals surface area contributed by atoms with E-state index in [0.29, 0.717) is 18.2 Å². The Labute approximate surface area is 164 Å². The molecule has 0 bridgehead atoms. The van der Waals surface area contributed by atoms with Gasteiger partial charge in [0.2, 0.25) is 0 Å². The number of H-pyrrole nitrogens is 1. The van der Waals surface area contributed by atoms with Crippen LogP contribution in [-0.2, 0) is 13.0 Å². The highest BCUT2D eigenvalue weighted by Crippen LogP contribution is 2.18. The summed E-state index contributed by atoms with van der Waals surface area (Å²) < 4.78 is 5.17. The van der Waals surface area contributed by atoms with Crippen LogP contribution >= 0.6 is 0 Å². The normalized spacial score (nSPS) is 11.3. The molecule has 0 fully saturated rings. The first kappa shape index (κ1) is 19.3. The van der Waals surface area contributed by atoms with Crippen LogP contribution in [0.3, 0.4) is 0 Å². The maximum atomic E-state index is 5.17. The van der Waals surface area contributed by atoms with Gasteiger partial charge in [-0.2, -0.15) is 5.10 Å². The number of nitrogens with zero attached hydrogens (tertiary/aromatic N) is 4. The van der Waals surface area contributed by atoms with Crippen LogP contribution in [0.4, 0.5) is 0 Å². The van der Waals surface area contributed by atoms with Gasteiger partial charge in [0.05, 0.1) is 7.11 Å². The average Bonchev–Trinajstić information content (AvgIpc) is 3.22. The van der Waals surface area contributed by atoms with E-state index in [-0.39, 0.29) is 0 Å². The zero-order valence-corrected chi connectivity index (χ0v) is 16.1. The van der Waals surface area contributed by atoms with Gasteiger partial charge in [-0.05, 0) is 43.3 Å². The molecular weight excluding hydrogens is 354 g/mol. The fraction of sp³-hybridized carbons (Fsp3) is 0.300. The molecule has 0 amide bonds. The Kier molecular flexibility index (Phi) is 6.95. The summed E-state index contributed by atoms with van der Waals surface area (Å²) in [7, 11) is 1.64. The summed E-state index contributed by atoms with van der Waals surface area (Å²) in [5, 5.41) is 13.8. The lowest BCUT2D eigenvalue weighted by Crippen LogP contribution is -2.38. The molecule has 0 saturated heterocycles. The summed E-state index contributed by atoms with van der Waals surface area (Å²) >= 11 is 0. The molecule has 3 aromatic rings. The number of hydrogen-bond acceptors (Lipinski definition) is 5. The summed E-state index contributed by atoms with van der Waals surface area (Å²) in [6, 6.07) is 13.6. The Balaban J connectivity index is 1.57. The molecule has 8 heteroatoms. The minimum Gasteiger partial charge on any atom is -0.497 e. The molecule has 0 unspecified atom stereocenters. The van der Waals surface area contributed by atoms with Crippen molar-refractivity contribution < 1.29 is 4.74 Å². The van der Waals surface area contributed by atoms with E-state index in [4.69, 9.17) is 4.74 Å². The molecule has 0 aliphatic heterocycles. The molecule has 0 spiro atoms.